The second-order valence-electron chi connectivity index (χ2n) is 7.01. The molecule has 29 heavy (non-hydrogen) atoms. The van der Waals surface area contributed by atoms with Gasteiger partial charge in [0.05, 0.1) is 0 Å². The van der Waals surface area contributed by atoms with Crippen LogP contribution in [0, 0.1) is 0 Å². The van der Waals surface area contributed by atoms with Gasteiger partial charge in [-0.2, -0.15) is 0 Å². The predicted octanol–water partition coefficient (Wildman–Crippen LogP) is 3.91. The van der Waals surface area contributed by atoms with Crippen LogP contribution >= 0.6 is 11.3 Å². The summed E-state index contributed by atoms with van der Waals surface area (Å²) in [5, 5.41) is 6.26. The van der Waals surface area contributed by atoms with E-state index in [9.17, 15) is 9.59 Å². The smallest absolute Gasteiger partial charge is 0.246 e. The van der Waals surface area contributed by atoms with E-state index in [4.69, 9.17) is 0 Å². The third kappa shape index (κ3) is 4.09. The second-order valence-corrected chi connectivity index (χ2v) is 7.92. The molecule has 2 amide bonds. The van der Waals surface area contributed by atoms with Crippen LogP contribution in [0.3, 0.4) is 0 Å². The van der Waals surface area contributed by atoms with Crippen molar-refractivity contribution in [2.75, 3.05) is 31.5 Å². The molecule has 4 rings (SSSR count). The molecule has 1 aliphatic heterocycles. The Hall–Kier alpha value is -2.96. The van der Waals surface area contributed by atoms with Crippen molar-refractivity contribution >= 4 is 38.9 Å². The Balaban J connectivity index is 1.63. The number of benzene rings is 2. The van der Waals surface area contributed by atoms with E-state index < -0.39 is 6.04 Å². The average Bonchev–Trinajstić information content (AvgIpc) is 3.18. The Kier molecular flexibility index (Phi) is 5.74. The Labute approximate surface area is 174 Å². The number of piperazine rings is 1. The lowest BCUT2D eigenvalue weighted by Gasteiger charge is -2.38. The number of nitrogens with one attached hydrogen (secondary N) is 1. The molecule has 1 N–H and O–H groups in total. The number of anilines is 1. The first-order valence-corrected chi connectivity index (χ1v) is 10.5. The lowest BCUT2D eigenvalue weighted by molar-refractivity contribution is -0.129. The van der Waals surface area contributed by atoms with Gasteiger partial charge < -0.3 is 10.2 Å². The van der Waals surface area contributed by atoms with Gasteiger partial charge in [0.25, 0.3) is 0 Å². The van der Waals surface area contributed by atoms with E-state index in [1.165, 1.54) is 10.8 Å². The van der Waals surface area contributed by atoms with E-state index in [0.717, 1.165) is 16.6 Å². The summed E-state index contributed by atoms with van der Waals surface area (Å²) < 4.78 is 1.17. The standard InChI is InChI=1S/C23H23N3O2S/c1-2-21(27)25-12-14-26(15-13-25)22(23(28)24-17-8-4-3-5-9-17)19-16-29-20-11-7-6-10-18(19)20/h2-11,16,22H,1,12-15H2,(H,24,28). The third-order valence-corrected chi connectivity index (χ3v) is 6.24. The first kappa shape index (κ1) is 19.4. The van der Waals surface area contributed by atoms with Crippen LogP contribution in [-0.4, -0.2) is 47.8 Å². The van der Waals surface area contributed by atoms with Crippen molar-refractivity contribution < 1.29 is 9.59 Å². The molecule has 0 spiro atoms. The molecule has 0 radical (unpaired) electrons. The zero-order valence-electron chi connectivity index (χ0n) is 16.1. The molecule has 3 aromatic rings. The van der Waals surface area contributed by atoms with Gasteiger partial charge in [0.15, 0.2) is 0 Å². The van der Waals surface area contributed by atoms with Crippen LogP contribution in [-0.2, 0) is 9.59 Å². The maximum absolute atomic E-state index is 13.4. The van der Waals surface area contributed by atoms with Crippen molar-refractivity contribution in [1.29, 1.82) is 0 Å². The van der Waals surface area contributed by atoms with Gasteiger partial charge in [0.2, 0.25) is 11.8 Å². The highest BCUT2D eigenvalue weighted by atomic mass is 32.1. The molecule has 1 unspecified atom stereocenters. The van der Waals surface area contributed by atoms with Crippen LogP contribution in [0.4, 0.5) is 5.69 Å². The highest BCUT2D eigenvalue weighted by molar-refractivity contribution is 7.17. The molecule has 6 heteroatoms. The third-order valence-electron chi connectivity index (χ3n) is 5.26. The van der Waals surface area contributed by atoms with Crippen LogP contribution < -0.4 is 5.32 Å². The lowest BCUT2D eigenvalue weighted by atomic mass is 10.0. The van der Waals surface area contributed by atoms with E-state index >= 15 is 0 Å². The average molecular weight is 406 g/mol. The minimum atomic E-state index is -0.410. The minimum Gasteiger partial charge on any atom is -0.337 e. The number of fused-ring (bicyclic) bond motifs is 1. The Morgan fingerprint density at radius 1 is 1.00 bits per heavy atom. The fraction of sp³-hybridized carbons (Fsp3) is 0.217. The summed E-state index contributed by atoms with van der Waals surface area (Å²) in [6.07, 6.45) is 1.35. The van der Waals surface area contributed by atoms with Gasteiger partial charge in [-0.05, 0) is 40.6 Å². The number of carbonyl (C=O) groups excluding carboxylic acids is 2. The largest absolute Gasteiger partial charge is 0.337 e. The lowest BCUT2D eigenvalue weighted by Crippen LogP contribution is -2.51. The summed E-state index contributed by atoms with van der Waals surface area (Å²) >= 11 is 1.65. The first-order chi connectivity index (χ1) is 14.2. The number of para-hydroxylation sites is 1. The minimum absolute atomic E-state index is 0.0525. The van der Waals surface area contributed by atoms with Crippen LogP contribution in [0.2, 0.25) is 0 Å². The number of nitrogens with zero attached hydrogens (tertiary/aromatic N) is 2. The zero-order valence-corrected chi connectivity index (χ0v) is 16.9. The highest BCUT2D eigenvalue weighted by Crippen LogP contribution is 2.34. The topological polar surface area (TPSA) is 52.7 Å². The Morgan fingerprint density at radius 3 is 2.41 bits per heavy atom. The maximum atomic E-state index is 13.4. The van der Waals surface area contributed by atoms with E-state index in [1.807, 2.05) is 42.5 Å². The van der Waals surface area contributed by atoms with Crippen molar-refractivity contribution in [1.82, 2.24) is 9.80 Å². The second kappa shape index (κ2) is 8.59. The fourth-order valence-corrected chi connectivity index (χ4v) is 4.76. The zero-order chi connectivity index (χ0) is 20.2. The van der Waals surface area contributed by atoms with Crippen LogP contribution in [0.25, 0.3) is 10.1 Å². The van der Waals surface area contributed by atoms with Crippen molar-refractivity contribution in [3.05, 3.63) is 78.2 Å². The summed E-state index contributed by atoms with van der Waals surface area (Å²) in [6.45, 7) is 6.01. The molecule has 1 aliphatic rings. The van der Waals surface area contributed by atoms with Gasteiger partial charge in [-0.3, -0.25) is 14.5 Å². The molecule has 0 saturated carbocycles. The van der Waals surface area contributed by atoms with Crippen molar-refractivity contribution in [3.8, 4) is 0 Å². The van der Waals surface area contributed by atoms with Crippen LogP contribution in [0.15, 0.2) is 72.6 Å². The Morgan fingerprint density at radius 2 is 1.69 bits per heavy atom. The number of amides is 2. The number of carbonyl (C=O) groups is 2. The summed E-state index contributed by atoms with van der Waals surface area (Å²) in [6, 6.07) is 17.3. The molecule has 0 aliphatic carbocycles. The molecule has 1 fully saturated rings. The van der Waals surface area contributed by atoms with Gasteiger partial charge in [-0.1, -0.05) is 43.0 Å². The monoisotopic (exact) mass is 405 g/mol. The Bertz CT molecular complexity index is 1020. The first-order valence-electron chi connectivity index (χ1n) is 9.65. The molecule has 148 valence electrons. The van der Waals surface area contributed by atoms with E-state index in [1.54, 1.807) is 16.2 Å². The summed E-state index contributed by atoms with van der Waals surface area (Å²) in [7, 11) is 0. The summed E-state index contributed by atoms with van der Waals surface area (Å²) in [5.74, 6) is -0.112. The van der Waals surface area contributed by atoms with Gasteiger partial charge in [-0.25, -0.2) is 0 Å². The highest BCUT2D eigenvalue weighted by Gasteiger charge is 2.33. The number of rotatable bonds is 5. The molecule has 1 atom stereocenters. The molecular weight excluding hydrogens is 382 g/mol. The van der Waals surface area contributed by atoms with Crippen LogP contribution in [0.5, 0.6) is 0 Å². The predicted molar refractivity (Wildman–Crippen MR) is 118 cm³/mol. The van der Waals surface area contributed by atoms with Gasteiger partial charge in [-0.15, -0.1) is 11.3 Å². The van der Waals surface area contributed by atoms with E-state index in [-0.39, 0.29) is 11.8 Å². The molecule has 1 saturated heterocycles. The quantitative estimate of drug-likeness (QED) is 0.655. The summed E-state index contributed by atoms with van der Waals surface area (Å²) in [5.41, 5.74) is 1.80. The number of thiophene rings is 1. The number of hydrogen-bond donors (Lipinski definition) is 1. The maximum Gasteiger partial charge on any atom is 0.246 e. The van der Waals surface area contributed by atoms with Gasteiger partial charge in [0.1, 0.15) is 6.04 Å². The van der Waals surface area contributed by atoms with Crippen LogP contribution in [0.1, 0.15) is 11.6 Å². The molecule has 2 heterocycles. The molecule has 0 bridgehead atoms. The SMILES string of the molecule is C=CC(=O)N1CCN(C(C(=O)Nc2ccccc2)c2csc3ccccc23)CC1. The summed E-state index contributed by atoms with van der Waals surface area (Å²) in [4.78, 5) is 29.3. The molecule has 1 aromatic heterocycles. The van der Waals surface area contributed by atoms with E-state index in [0.29, 0.717) is 26.2 Å². The normalized spacial score (nSPS) is 15.8. The molecule has 5 nitrogen and oxygen atoms in total. The van der Waals surface area contributed by atoms with Crippen molar-refractivity contribution in [3.63, 3.8) is 0 Å². The molecular formula is C23H23N3O2S. The fourth-order valence-electron chi connectivity index (χ4n) is 3.78. The molecule has 2 aromatic carbocycles. The van der Waals surface area contributed by atoms with Gasteiger partial charge in [0, 0.05) is 36.6 Å². The van der Waals surface area contributed by atoms with E-state index in [2.05, 4.69) is 34.3 Å². The number of hydrogen-bond acceptors (Lipinski definition) is 4. The van der Waals surface area contributed by atoms with Crippen molar-refractivity contribution in [2.45, 2.75) is 6.04 Å². The van der Waals surface area contributed by atoms with Crippen molar-refractivity contribution in [2.24, 2.45) is 0 Å². The van der Waals surface area contributed by atoms with Gasteiger partial charge >= 0.3 is 0 Å².